The van der Waals surface area contributed by atoms with Crippen LogP contribution in [0.1, 0.15) is 12.5 Å². The van der Waals surface area contributed by atoms with Gasteiger partial charge in [-0.3, -0.25) is 4.21 Å². The zero-order chi connectivity index (χ0) is 13.2. The van der Waals surface area contributed by atoms with Gasteiger partial charge in [0, 0.05) is 35.4 Å². The Labute approximate surface area is 112 Å². The maximum atomic E-state index is 11.2. The van der Waals surface area contributed by atoms with E-state index < -0.39 is 10.8 Å². The Morgan fingerprint density at radius 1 is 1.39 bits per heavy atom. The molecule has 0 bridgehead atoms. The SMILES string of the molecule is C=CCOc1ccc(CNCCS(=O)CC)cc1. The van der Waals surface area contributed by atoms with Crippen molar-refractivity contribution >= 4 is 10.8 Å². The van der Waals surface area contributed by atoms with Crippen molar-refractivity contribution in [3.63, 3.8) is 0 Å². The molecule has 1 unspecified atom stereocenters. The Morgan fingerprint density at radius 3 is 2.72 bits per heavy atom. The molecule has 1 rings (SSSR count). The zero-order valence-corrected chi connectivity index (χ0v) is 11.7. The summed E-state index contributed by atoms with van der Waals surface area (Å²) >= 11 is 0. The molecule has 1 N–H and O–H groups in total. The van der Waals surface area contributed by atoms with Gasteiger partial charge in [-0.25, -0.2) is 0 Å². The smallest absolute Gasteiger partial charge is 0.119 e. The van der Waals surface area contributed by atoms with Crippen LogP contribution in [0.2, 0.25) is 0 Å². The summed E-state index contributed by atoms with van der Waals surface area (Å²) in [5.41, 5.74) is 1.20. The average Bonchev–Trinajstić information content (AvgIpc) is 2.42. The molecule has 0 heterocycles. The van der Waals surface area contributed by atoms with Crippen molar-refractivity contribution in [2.75, 3.05) is 24.7 Å². The zero-order valence-electron chi connectivity index (χ0n) is 10.9. The topological polar surface area (TPSA) is 38.3 Å². The first kappa shape index (κ1) is 14.9. The molecule has 100 valence electrons. The van der Waals surface area contributed by atoms with Crippen molar-refractivity contribution < 1.29 is 8.95 Å². The third kappa shape index (κ3) is 5.98. The summed E-state index contributed by atoms with van der Waals surface area (Å²) in [4.78, 5) is 0. The first-order valence-electron chi connectivity index (χ1n) is 6.14. The molecular formula is C14H21NO2S. The highest BCUT2D eigenvalue weighted by Crippen LogP contribution is 2.11. The molecule has 0 radical (unpaired) electrons. The molecule has 0 amide bonds. The number of hydrogen-bond acceptors (Lipinski definition) is 3. The van der Waals surface area contributed by atoms with Crippen LogP contribution in [0.3, 0.4) is 0 Å². The third-order valence-electron chi connectivity index (χ3n) is 2.45. The highest BCUT2D eigenvalue weighted by molar-refractivity contribution is 7.84. The van der Waals surface area contributed by atoms with E-state index in [1.807, 2.05) is 31.2 Å². The number of rotatable bonds is 9. The Balaban J connectivity index is 2.26. The molecule has 1 atom stereocenters. The van der Waals surface area contributed by atoms with Crippen LogP contribution in [0.4, 0.5) is 0 Å². The number of hydrogen-bond donors (Lipinski definition) is 1. The van der Waals surface area contributed by atoms with Gasteiger partial charge in [0.05, 0.1) is 0 Å². The van der Waals surface area contributed by atoms with Gasteiger partial charge in [0.25, 0.3) is 0 Å². The third-order valence-corrected chi connectivity index (χ3v) is 3.75. The van der Waals surface area contributed by atoms with E-state index in [4.69, 9.17) is 4.74 Å². The summed E-state index contributed by atoms with van der Waals surface area (Å²) < 4.78 is 16.6. The quantitative estimate of drug-likeness (QED) is 0.550. The van der Waals surface area contributed by atoms with Gasteiger partial charge < -0.3 is 10.1 Å². The minimum Gasteiger partial charge on any atom is -0.490 e. The van der Waals surface area contributed by atoms with E-state index in [1.54, 1.807) is 6.08 Å². The maximum absolute atomic E-state index is 11.2. The predicted octanol–water partition coefficient (Wildman–Crippen LogP) is 2.11. The summed E-state index contributed by atoms with van der Waals surface area (Å²) in [6.07, 6.45) is 1.73. The summed E-state index contributed by atoms with van der Waals surface area (Å²) in [5, 5.41) is 3.28. The molecule has 0 spiro atoms. The van der Waals surface area contributed by atoms with Crippen molar-refractivity contribution in [1.29, 1.82) is 0 Å². The van der Waals surface area contributed by atoms with Gasteiger partial charge in [0.1, 0.15) is 12.4 Å². The van der Waals surface area contributed by atoms with Crippen molar-refractivity contribution in [2.24, 2.45) is 0 Å². The maximum Gasteiger partial charge on any atom is 0.119 e. The Bertz CT molecular complexity index is 376. The van der Waals surface area contributed by atoms with Crippen LogP contribution >= 0.6 is 0 Å². The molecule has 18 heavy (non-hydrogen) atoms. The fourth-order valence-electron chi connectivity index (χ4n) is 1.42. The molecule has 1 aromatic rings. The second-order valence-corrected chi connectivity index (χ2v) is 5.72. The highest BCUT2D eigenvalue weighted by atomic mass is 32.2. The molecular weight excluding hydrogens is 246 g/mol. The van der Waals surface area contributed by atoms with Gasteiger partial charge in [-0.1, -0.05) is 31.7 Å². The van der Waals surface area contributed by atoms with E-state index >= 15 is 0 Å². The highest BCUT2D eigenvalue weighted by Gasteiger charge is 1.97. The molecule has 0 aliphatic heterocycles. The lowest BCUT2D eigenvalue weighted by Crippen LogP contribution is -2.20. The van der Waals surface area contributed by atoms with Crippen molar-refractivity contribution in [1.82, 2.24) is 5.32 Å². The molecule has 0 aliphatic rings. The summed E-state index contributed by atoms with van der Waals surface area (Å²) in [7, 11) is -0.684. The Hall–Kier alpha value is -1.13. The fraction of sp³-hybridized carbons (Fsp3) is 0.429. The van der Waals surface area contributed by atoms with Crippen LogP contribution in [0.5, 0.6) is 5.75 Å². The van der Waals surface area contributed by atoms with Gasteiger partial charge in [0.2, 0.25) is 0 Å². The van der Waals surface area contributed by atoms with Crippen molar-refractivity contribution in [2.45, 2.75) is 13.5 Å². The van der Waals surface area contributed by atoms with Crippen LogP contribution in [0.15, 0.2) is 36.9 Å². The van der Waals surface area contributed by atoms with E-state index in [-0.39, 0.29) is 0 Å². The van der Waals surface area contributed by atoms with Crippen LogP contribution < -0.4 is 10.1 Å². The molecule has 0 saturated heterocycles. The monoisotopic (exact) mass is 267 g/mol. The van der Waals surface area contributed by atoms with Crippen LogP contribution in [0.25, 0.3) is 0 Å². The van der Waals surface area contributed by atoms with E-state index in [0.717, 1.165) is 30.3 Å². The Morgan fingerprint density at radius 2 is 2.11 bits per heavy atom. The summed E-state index contributed by atoms with van der Waals surface area (Å²) in [6.45, 7) is 7.66. The molecule has 3 nitrogen and oxygen atoms in total. The molecule has 0 fully saturated rings. The molecule has 4 heteroatoms. The molecule has 0 aromatic heterocycles. The van der Waals surface area contributed by atoms with Gasteiger partial charge >= 0.3 is 0 Å². The van der Waals surface area contributed by atoms with E-state index in [2.05, 4.69) is 11.9 Å². The van der Waals surface area contributed by atoms with Crippen molar-refractivity contribution in [3.8, 4) is 5.75 Å². The number of nitrogens with one attached hydrogen (secondary N) is 1. The van der Waals surface area contributed by atoms with Crippen LogP contribution in [-0.4, -0.2) is 28.9 Å². The lowest BCUT2D eigenvalue weighted by Gasteiger charge is -2.06. The van der Waals surface area contributed by atoms with Gasteiger partial charge in [-0.05, 0) is 17.7 Å². The fourth-order valence-corrected chi connectivity index (χ4v) is 2.08. The van der Waals surface area contributed by atoms with Crippen LogP contribution in [-0.2, 0) is 17.3 Å². The van der Waals surface area contributed by atoms with Crippen molar-refractivity contribution in [3.05, 3.63) is 42.5 Å². The second-order valence-electron chi connectivity index (χ2n) is 3.85. The lowest BCUT2D eigenvalue weighted by atomic mass is 10.2. The van der Waals surface area contributed by atoms with Crippen LogP contribution in [0, 0.1) is 0 Å². The summed E-state index contributed by atoms with van der Waals surface area (Å²) in [6, 6.07) is 7.96. The van der Waals surface area contributed by atoms with Gasteiger partial charge in [-0.15, -0.1) is 0 Å². The summed E-state index contributed by atoms with van der Waals surface area (Å²) in [5.74, 6) is 2.30. The standard InChI is InChI=1S/C14H21NO2S/c1-3-10-17-14-7-5-13(6-8-14)12-15-9-11-18(16)4-2/h3,5-8,15H,1,4,9-12H2,2H3. The first-order chi connectivity index (χ1) is 8.76. The average molecular weight is 267 g/mol. The minimum absolute atomic E-state index is 0.528. The van der Waals surface area contributed by atoms with E-state index in [9.17, 15) is 4.21 Å². The first-order valence-corrected chi connectivity index (χ1v) is 7.63. The predicted molar refractivity (Wildman–Crippen MR) is 77.4 cm³/mol. The molecule has 0 aliphatic carbocycles. The lowest BCUT2D eigenvalue weighted by molar-refractivity contribution is 0.363. The van der Waals surface area contributed by atoms with E-state index in [0.29, 0.717) is 6.61 Å². The Kier molecular flexibility index (Phi) is 7.37. The molecule has 1 aromatic carbocycles. The number of ether oxygens (including phenoxy) is 1. The molecule has 0 saturated carbocycles. The van der Waals surface area contributed by atoms with Gasteiger partial charge in [0.15, 0.2) is 0 Å². The van der Waals surface area contributed by atoms with E-state index in [1.165, 1.54) is 5.56 Å². The normalized spacial score (nSPS) is 12.1. The van der Waals surface area contributed by atoms with Gasteiger partial charge in [-0.2, -0.15) is 0 Å². The minimum atomic E-state index is -0.684. The number of benzene rings is 1. The largest absolute Gasteiger partial charge is 0.490 e. The second kappa shape index (κ2) is 8.89.